The SMILES string of the molecule is CN1CCN(C(=O)CCCc2cn(-c3ccccc3)c(-c3ccccc3C(N)=O)n2)CC1. The molecule has 1 aliphatic heterocycles. The number of carbonyl (C=O) groups is 2. The summed E-state index contributed by atoms with van der Waals surface area (Å²) >= 11 is 0. The van der Waals surface area contributed by atoms with Crippen molar-refractivity contribution >= 4 is 11.8 Å². The maximum atomic E-state index is 12.6. The van der Waals surface area contributed by atoms with Gasteiger partial charge in [-0.15, -0.1) is 0 Å². The minimum Gasteiger partial charge on any atom is -0.366 e. The number of para-hydroxylation sites is 1. The summed E-state index contributed by atoms with van der Waals surface area (Å²) in [4.78, 5) is 33.6. The van der Waals surface area contributed by atoms with Gasteiger partial charge in [0.05, 0.1) is 11.3 Å². The minimum atomic E-state index is -0.484. The highest BCUT2D eigenvalue weighted by molar-refractivity contribution is 5.99. The third-order valence-electron chi connectivity index (χ3n) is 5.90. The topological polar surface area (TPSA) is 84.5 Å². The van der Waals surface area contributed by atoms with Crippen LogP contribution in [0.15, 0.2) is 60.8 Å². The molecule has 0 spiro atoms. The van der Waals surface area contributed by atoms with Crippen LogP contribution in [0.1, 0.15) is 28.9 Å². The zero-order valence-corrected chi connectivity index (χ0v) is 18.4. The predicted octanol–water partition coefficient (Wildman–Crippen LogP) is 2.73. The number of piperazine rings is 1. The van der Waals surface area contributed by atoms with E-state index in [1.54, 1.807) is 12.1 Å². The van der Waals surface area contributed by atoms with Crippen LogP contribution in [0.25, 0.3) is 17.1 Å². The monoisotopic (exact) mass is 431 g/mol. The van der Waals surface area contributed by atoms with Crippen LogP contribution in [-0.4, -0.2) is 64.4 Å². The highest BCUT2D eigenvalue weighted by Crippen LogP contribution is 2.26. The van der Waals surface area contributed by atoms with Crippen molar-refractivity contribution in [2.24, 2.45) is 5.73 Å². The van der Waals surface area contributed by atoms with Crippen molar-refractivity contribution in [3.05, 3.63) is 72.1 Å². The largest absolute Gasteiger partial charge is 0.366 e. The van der Waals surface area contributed by atoms with E-state index in [9.17, 15) is 9.59 Å². The number of amides is 2. The van der Waals surface area contributed by atoms with E-state index in [0.29, 0.717) is 29.8 Å². The minimum absolute atomic E-state index is 0.208. The van der Waals surface area contributed by atoms with Crippen LogP contribution >= 0.6 is 0 Å². The van der Waals surface area contributed by atoms with Crippen LogP contribution in [-0.2, 0) is 11.2 Å². The lowest BCUT2D eigenvalue weighted by Gasteiger charge is -2.32. The summed E-state index contributed by atoms with van der Waals surface area (Å²) in [6.07, 6.45) is 3.91. The molecule has 32 heavy (non-hydrogen) atoms. The second-order valence-electron chi connectivity index (χ2n) is 8.21. The molecule has 7 nitrogen and oxygen atoms in total. The number of carbonyl (C=O) groups excluding carboxylic acids is 2. The summed E-state index contributed by atoms with van der Waals surface area (Å²) in [5, 5.41) is 0. The van der Waals surface area contributed by atoms with Crippen molar-refractivity contribution in [1.29, 1.82) is 0 Å². The number of imidazole rings is 1. The van der Waals surface area contributed by atoms with Gasteiger partial charge < -0.3 is 15.5 Å². The summed E-state index contributed by atoms with van der Waals surface area (Å²) < 4.78 is 1.99. The zero-order chi connectivity index (χ0) is 22.5. The van der Waals surface area contributed by atoms with E-state index in [-0.39, 0.29) is 5.91 Å². The highest BCUT2D eigenvalue weighted by Gasteiger charge is 2.20. The summed E-state index contributed by atoms with van der Waals surface area (Å²) in [5.41, 5.74) is 8.59. The Morgan fingerprint density at radius 1 is 0.969 bits per heavy atom. The van der Waals surface area contributed by atoms with Crippen molar-refractivity contribution in [1.82, 2.24) is 19.4 Å². The molecule has 4 rings (SSSR count). The molecule has 0 radical (unpaired) electrons. The third-order valence-corrected chi connectivity index (χ3v) is 5.90. The molecule has 3 aromatic rings. The summed E-state index contributed by atoms with van der Waals surface area (Å²) in [7, 11) is 2.08. The molecule has 0 unspecified atom stereocenters. The van der Waals surface area contributed by atoms with Gasteiger partial charge in [0.15, 0.2) is 0 Å². The van der Waals surface area contributed by atoms with Gasteiger partial charge in [0, 0.05) is 50.0 Å². The Balaban J connectivity index is 1.54. The second-order valence-corrected chi connectivity index (χ2v) is 8.21. The molecule has 2 amide bonds. The fourth-order valence-electron chi connectivity index (χ4n) is 4.05. The summed E-state index contributed by atoms with van der Waals surface area (Å²) in [5.74, 6) is 0.397. The lowest BCUT2D eigenvalue weighted by atomic mass is 10.1. The molecule has 1 fully saturated rings. The first kappa shape index (κ1) is 21.8. The van der Waals surface area contributed by atoms with Gasteiger partial charge in [0.25, 0.3) is 0 Å². The van der Waals surface area contributed by atoms with Crippen LogP contribution in [0.4, 0.5) is 0 Å². The van der Waals surface area contributed by atoms with Crippen LogP contribution in [0.3, 0.4) is 0 Å². The third kappa shape index (κ3) is 4.89. The van der Waals surface area contributed by atoms with E-state index in [4.69, 9.17) is 10.7 Å². The van der Waals surface area contributed by atoms with E-state index in [1.807, 2.05) is 58.1 Å². The lowest BCUT2D eigenvalue weighted by molar-refractivity contribution is -0.132. The maximum absolute atomic E-state index is 12.6. The predicted molar refractivity (Wildman–Crippen MR) is 125 cm³/mol. The number of nitrogens with zero attached hydrogens (tertiary/aromatic N) is 4. The summed E-state index contributed by atoms with van der Waals surface area (Å²) in [6, 6.07) is 17.1. The molecule has 2 heterocycles. The Bertz CT molecular complexity index is 1080. The average molecular weight is 432 g/mol. The van der Waals surface area contributed by atoms with Gasteiger partial charge in [-0.3, -0.25) is 14.2 Å². The Hall–Kier alpha value is -3.45. The molecule has 1 aromatic heterocycles. The van der Waals surface area contributed by atoms with E-state index in [0.717, 1.165) is 44.0 Å². The van der Waals surface area contributed by atoms with Gasteiger partial charge in [-0.05, 0) is 38.1 Å². The van der Waals surface area contributed by atoms with Gasteiger partial charge in [0.2, 0.25) is 11.8 Å². The summed E-state index contributed by atoms with van der Waals surface area (Å²) in [6.45, 7) is 3.45. The number of likely N-dealkylation sites (N-methyl/N-ethyl adjacent to an activating group) is 1. The fourth-order valence-corrected chi connectivity index (χ4v) is 4.05. The van der Waals surface area contributed by atoms with Gasteiger partial charge in [-0.1, -0.05) is 36.4 Å². The number of aromatic nitrogens is 2. The molecule has 0 bridgehead atoms. The van der Waals surface area contributed by atoms with Gasteiger partial charge in [0.1, 0.15) is 5.82 Å². The van der Waals surface area contributed by atoms with E-state index >= 15 is 0 Å². The number of nitrogens with two attached hydrogens (primary N) is 1. The Morgan fingerprint density at radius 2 is 1.66 bits per heavy atom. The highest BCUT2D eigenvalue weighted by atomic mass is 16.2. The first-order valence-corrected chi connectivity index (χ1v) is 11.0. The van der Waals surface area contributed by atoms with E-state index in [1.165, 1.54) is 0 Å². The van der Waals surface area contributed by atoms with Crippen LogP contribution in [0.5, 0.6) is 0 Å². The lowest BCUT2D eigenvalue weighted by Crippen LogP contribution is -2.47. The molecular formula is C25H29N5O2. The number of benzene rings is 2. The van der Waals surface area contributed by atoms with Crippen molar-refractivity contribution in [2.45, 2.75) is 19.3 Å². The molecule has 1 aliphatic rings. The van der Waals surface area contributed by atoms with Gasteiger partial charge in [-0.25, -0.2) is 4.98 Å². The maximum Gasteiger partial charge on any atom is 0.249 e. The number of hydrogen-bond acceptors (Lipinski definition) is 4. The number of aryl methyl sites for hydroxylation is 1. The molecule has 1 saturated heterocycles. The van der Waals surface area contributed by atoms with Crippen molar-refractivity contribution in [3.63, 3.8) is 0 Å². The zero-order valence-electron chi connectivity index (χ0n) is 18.4. The smallest absolute Gasteiger partial charge is 0.249 e. The first-order valence-electron chi connectivity index (χ1n) is 11.0. The number of hydrogen-bond donors (Lipinski definition) is 1. The molecule has 0 aliphatic carbocycles. The van der Waals surface area contributed by atoms with Gasteiger partial charge >= 0.3 is 0 Å². The molecular weight excluding hydrogens is 402 g/mol. The van der Waals surface area contributed by atoms with Crippen LogP contribution < -0.4 is 5.73 Å². The molecule has 7 heteroatoms. The van der Waals surface area contributed by atoms with E-state index in [2.05, 4.69) is 11.9 Å². The second kappa shape index (κ2) is 9.78. The normalized spacial score (nSPS) is 14.5. The molecule has 2 N–H and O–H groups in total. The van der Waals surface area contributed by atoms with Gasteiger partial charge in [-0.2, -0.15) is 0 Å². The molecule has 0 saturated carbocycles. The fraction of sp³-hybridized carbons (Fsp3) is 0.320. The number of primary amides is 1. The molecule has 2 aromatic carbocycles. The molecule has 0 atom stereocenters. The van der Waals surface area contributed by atoms with Crippen LogP contribution in [0.2, 0.25) is 0 Å². The first-order chi connectivity index (χ1) is 15.5. The standard InChI is InChI=1S/C25H29N5O2/c1-28-14-16-29(17-15-28)23(31)13-7-8-19-18-30(20-9-3-2-4-10-20)25(27-19)22-12-6-5-11-21(22)24(26)32/h2-6,9-12,18H,7-8,13-17H2,1H3,(H2,26,32). The van der Waals surface area contributed by atoms with Crippen molar-refractivity contribution in [2.75, 3.05) is 33.2 Å². The number of rotatable bonds is 7. The molecule has 166 valence electrons. The Kier molecular flexibility index (Phi) is 6.66. The average Bonchev–Trinajstić information content (AvgIpc) is 3.24. The Morgan fingerprint density at radius 3 is 2.38 bits per heavy atom. The quantitative estimate of drug-likeness (QED) is 0.623. The Labute approximate surface area is 188 Å². The van der Waals surface area contributed by atoms with E-state index < -0.39 is 5.91 Å². The van der Waals surface area contributed by atoms with Crippen molar-refractivity contribution in [3.8, 4) is 17.1 Å². The van der Waals surface area contributed by atoms with Crippen molar-refractivity contribution < 1.29 is 9.59 Å². The van der Waals surface area contributed by atoms with Crippen LogP contribution in [0, 0.1) is 0 Å².